The Morgan fingerprint density at radius 2 is 1.77 bits per heavy atom. The van der Waals surface area contributed by atoms with Crippen LogP contribution in [0.1, 0.15) is 36.2 Å². The molecule has 160 valence electrons. The quantitative estimate of drug-likeness (QED) is 0.599. The van der Waals surface area contributed by atoms with E-state index in [1.165, 1.54) is 29.7 Å². The second-order valence-corrected chi connectivity index (χ2v) is 7.45. The van der Waals surface area contributed by atoms with E-state index >= 15 is 0 Å². The lowest BCUT2D eigenvalue weighted by Crippen LogP contribution is -2.28. The highest BCUT2D eigenvalue weighted by molar-refractivity contribution is 6.02. The minimum Gasteiger partial charge on any atom is -0.492 e. The van der Waals surface area contributed by atoms with Crippen molar-refractivity contribution >= 4 is 11.6 Å². The van der Waals surface area contributed by atoms with E-state index in [-0.39, 0.29) is 30.5 Å². The van der Waals surface area contributed by atoms with Gasteiger partial charge in [-0.1, -0.05) is 24.3 Å². The minimum absolute atomic E-state index is 0.154. The third-order valence-corrected chi connectivity index (χ3v) is 5.11. The van der Waals surface area contributed by atoms with Crippen LogP contribution in [-0.2, 0) is 6.54 Å². The molecule has 0 aliphatic heterocycles. The number of aromatic nitrogens is 2. The van der Waals surface area contributed by atoms with E-state index in [0.29, 0.717) is 11.4 Å². The standard InChI is InChI=1S/C24H25N3O4/c28-23-14-13-22(26-27(23)15-16-30-19-8-2-1-3-9-19)24(29)25-18-7-6-12-21(17-18)31-20-10-4-5-11-20/h1-3,6-9,12-14,17,20H,4-5,10-11,15-16H2,(H,25,29). The van der Waals surface area contributed by atoms with Crippen LogP contribution < -0.4 is 20.3 Å². The lowest BCUT2D eigenvalue weighted by molar-refractivity contribution is 0.101. The molecule has 0 bridgehead atoms. The van der Waals surface area contributed by atoms with Crippen molar-refractivity contribution in [3.63, 3.8) is 0 Å². The zero-order valence-electron chi connectivity index (χ0n) is 17.2. The summed E-state index contributed by atoms with van der Waals surface area (Å²) in [5.74, 6) is 1.06. The predicted octanol–water partition coefficient (Wildman–Crippen LogP) is 3.90. The van der Waals surface area contributed by atoms with Gasteiger partial charge in [-0.3, -0.25) is 9.59 Å². The number of benzene rings is 2. The first-order chi connectivity index (χ1) is 15.2. The van der Waals surface area contributed by atoms with E-state index in [0.717, 1.165) is 18.6 Å². The Kier molecular flexibility index (Phi) is 6.62. The molecule has 0 spiro atoms. The van der Waals surface area contributed by atoms with Gasteiger partial charge in [0.1, 0.15) is 23.8 Å². The number of rotatable bonds is 8. The van der Waals surface area contributed by atoms with Gasteiger partial charge in [0.2, 0.25) is 0 Å². The molecule has 1 aromatic heterocycles. The number of nitrogens with zero attached hydrogens (tertiary/aromatic N) is 2. The summed E-state index contributed by atoms with van der Waals surface area (Å²) in [4.78, 5) is 24.8. The predicted molar refractivity (Wildman–Crippen MR) is 118 cm³/mol. The number of ether oxygens (including phenoxy) is 2. The Labute approximate surface area is 180 Å². The van der Waals surface area contributed by atoms with E-state index in [2.05, 4.69) is 10.4 Å². The summed E-state index contributed by atoms with van der Waals surface area (Å²) in [5, 5.41) is 7.01. The van der Waals surface area contributed by atoms with Crippen LogP contribution in [0.2, 0.25) is 0 Å². The van der Waals surface area contributed by atoms with E-state index < -0.39 is 5.91 Å². The molecular formula is C24H25N3O4. The van der Waals surface area contributed by atoms with Crippen molar-refractivity contribution < 1.29 is 14.3 Å². The molecule has 1 fully saturated rings. The molecule has 1 saturated carbocycles. The second-order valence-electron chi connectivity index (χ2n) is 7.45. The molecule has 0 atom stereocenters. The number of hydrogen-bond donors (Lipinski definition) is 1. The third kappa shape index (κ3) is 5.72. The molecule has 31 heavy (non-hydrogen) atoms. The maximum atomic E-state index is 12.7. The van der Waals surface area contributed by atoms with Gasteiger partial charge < -0.3 is 14.8 Å². The van der Waals surface area contributed by atoms with Gasteiger partial charge in [-0.15, -0.1) is 0 Å². The van der Waals surface area contributed by atoms with Crippen molar-refractivity contribution in [2.45, 2.75) is 38.3 Å². The topological polar surface area (TPSA) is 82.5 Å². The fourth-order valence-electron chi connectivity index (χ4n) is 3.54. The van der Waals surface area contributed by atoms with Crippen LogP contribution in [-0.4, -0.2) is 28.4 Å². The van der Waals surface area contributed by atoms with E-state index in [4.69, 9.17) is 9.47 Å². The molecule has 0 radical (unpaired) electrons. The normalized spacial score (nSPS) is 13.7. The first-order valence-electron chi connectivity index (χ1n) is 10.5. The van der Waals surface area contributed by atoms with Crippen molar-refractivity contribution in [3.05, 3.63) is 82.8 Å². The van der Waals surface area contributed by atoms with E-state index in [1.807, 2.05) is 42.5 Å². The average molecular weight is 419 g/mol. The minimum atomic E-state index is -0.393. The first-order valence-corrected chi connectivity index (χ1v) is 10.5. The van der Waals surface area contributed by atoms with Crippen molar-refractivity contribution in [1.82, 2.24) is 9.78 Å². The van der Waals surface area contributed by atoms with Gasteiger partial charge in [0.05, 0.1) is 12.6 Å². The Hall–Kier alpha value is -3.61. The highest BCUT2D eigenvalue weighted by Gasteiger charge is 2.17. The highest BCUT2D eigenvalue weighted by atomic mass is 16.5. The number of carbonyl (C=O) groups excluding carboxylic acids is 1. The summed E-state index contributed by atoms with van der Waals surface area (Å²) in [5.41, 5.74) is 0.481. The van der Waals surface area contributed by atoms with Crippen LogP contribution in [0.5, 0.6) is 11.5 Å². The molecule has 1 heterocycles. The Balaban J connectivity index is 1.38. The smallest absolute Gasteiger partial charge is 0.276 e. The van der Waals surface area contributed by atoms with Gasteiger partial charge >= 0.3 is 0 Å². The molecular weight excluding hydrogens is 394 g/mol. The summed E-state index contributed by atoms with van der Waals surface area (Å²) in [6.45, 7) is 0.502. The summed E-state index contributed by atoms with van der Waals surface area (Å²) in [6.07, 6.45) is 4.76. The molecule has 0 unspecified atom stereocenters. The SMILES string of the molecule is O=C(Nc1cccc(OC2CCCC2)c1)c1ccc(=O)n(CCOc2ccccc2)n1. The molecule has 7 nitrogen and oxygen atoms in total. The summed E-state index contributed by atoms with van der Waals surface area (Å²) in [6, 6.07) is 19.4. The Bertz CT molecular complexity index is 1080. The van der Waals surface area contributed by atoms with E-state index in [9.17, 15) is 9.59 Å². The van der Waals surface area contributed by atoms with Crippen molar-refractivity contribution in [1.29, 1.82) is 0 Å². The van der Waals surface area contributed by atoms with E-state index in [1.54, 1.807) is 12.1 Å². The molecule has 1 N–H and O–H groups in total. The fourth-order valence-corrected chi connectivity index (χ4v) is 3.54. The summed E-state index contributed by atoms with van der Waals surface area (Å²) in [7, 11) is 0. The van der Waals surface area contributed by atoms with Gasteiger partial charge in [-0.25, -0.2) is 4.68 Å². The van der Waals surface area contributed by atoms with Gasteiger partial charge in [0.15, 0.2) is 0 Å². The van der Waals surface area contributed by atoms with Gasteiger partial charge in [-0.05, 0) is 56.0 Å². The number of amides is 1. The highest BCUT2D eigenvalue weighted by Crippen LogP contribution is 2.25. The van der Waals surface area contributed by atoms with Crippen LogP contribution >= 0.6 is 0 Å². The largest absolute Gasteiger partial charge is 0.492 e. The molecule has 3 aromatic rings. The fraction of sp³-hybridized carbons (Fsp3) is 0.292. The zero-order chi connectivity index (χ0) is 21.5. The molecule has 2 aromatic carbocycles. The summed E-state index contributed by atoms with van der Waals surface area (Å²) >= 11 is 0. The van der Waals surface area contributed by atoms with Crippen molar-refractivity contribution in [3.8, 4) is 11.5 Å². The molecule has 4 rings (SSSR count). The first kappa shape index (κ1) is 20.7. The monoisotopic (exact) mass is 419 g/mol. The third-order valence-electron chi connectivity index (χ3n) is 5.11. The maximum Gasteiger partial charge on any atom is 0.276 e. The number of para-hydroxylation sites is 1. The van der Waals surface area contributed by atoms with Gasteiger partial charge in [0.25, 0.3) is 11.5 Å². The van der Waals surface area contributed by atoms with Crippen LogP contribution in [0.3, 0.4) is 0 Å². The number of nitrogens with one attached hydrogen (secondary N) is 1. The second kappa shape index (κ2) is 9.93. The van der Waals surface area contributed by atoms with Crippen molar-refractivity contribution in [2.75, 3.05) is 11.9 Å². The number of hydrogen-bond acceptors (Lipinski definition) is 5. The van der Waals surface area contributed by atoms with Crippen LogP contribution in [0, 0.1) is 0 Å². The van der Waals surface area contributed by atoms with Crippen LogP contribution in [0.15, 0.2) is 71.5 Å². The van der Waals surface area contributed by atoms with Gasteiger partial charge in [-0.2, -0.15) is 5.10 Å². The Morgan fingerprint density at radius 1 is 1.00 bits per heavy atom. The number of anilines is 1. The van der Waals surface area contributed by atoms with Crippen molar-refractivity contribution in [2.24, 2.45) is 0 Å². The zero-order valence-corrected chi connectivity index (χ0v) is 17.2. The molecule has 1 aliphatic carbocycles. The lowest BCUT2D eigenvalue weighted by Gasteiger charge is -2.14. The molecule has 0 saturated heterocycles. The average Bonchev–Trinajstić information content (AvgIpc) is 3.29. The Morgan fingerprint density at radius 3 is 2.58 bits per heavy atom. The number of carbonyl (C=O) groups is 1. The molecule has 1 aliphatic rings. The molecule has 1 amide bonds. The molecule has 7 heteroatoms. The summed E-state index contributed by atoms with van der Waals surface area (Å²) < 4.78 is 12.8. The lowest BCUT2D eigenvalue weighted by atomic mass is 10.2. The van der Waals surface area contributed by atoms with Crippen LogP contribution in [0.25, 0.3) is 0 Å². The van der Waals surface area contributed by atoms with Crippen LogP contribution in [0.4, 0.5) is 5.69 Å². The maximum absolute atomic E-state index is 12.7. The van der Waals surface area contributed by atoms with Gasteiger partial charge in [0, 0.05) is 17.8 Å².